The van der Waals surface area contributed by atoms with Crippen LogP contribution in [0.3, 0.4) is 0 Å². The second kappa shape index (κ2) is 4.13. The molecule has 1 atom stereocenters. The summed E-state index contributed by atoms with van der Waals surface area (Å²) in [6.07, 6.45) is 0.665. The molecule has 7 nitrogen and oxygen atoms in total. The highest BCUT2D eigenvalue weighted by molar-refractivity contribution is 6.35. The molecular weight excluding hydrogens is 248 g/mol. The van der Waals surface area contributed by atoms with Crippen LogP contribution in [-0.2, 0) is 9.59 Å². The molecule has 1 amide bonds. The molecule has 96 valence electrons. The van der Waals surface area contributed by atoms with Crippen molar-refractivity contribution in [2.24, 2.45) is 4.99 Å². The van der Waals surface area contributed by atoms with E-state index >= 15 is 0 Å². The summed E-state index contributed by atoms with van der Waals surface area (Å²) >= 11 is 0. The van der Waals surface area contributed by atoms with Gasteiger partial charge in [-0.2, -0.15) is 0 Å². The first-order chi connectivity index (χ1) is 9.15. The molecule has 3 N–H and O–H groups in total. The smallest absolute Gasteiger partial charge is 0.373 e. The number of hydrogen-bond donors (Lipinski definition) is 3. The number of amidine groups is 1. The number of amides is 1. The fraction of sp³-hybridized carbons (Fsp3) is 0.0833. The number of hydrazine groups is 1. The van der Waals surface area contributed by atoms with E-state index in [0.717, 1.165) is 10.6 Å². The van der Waals surface area contributed by atoms with Crippen LogP contribution in [0.25, 0.3) is 5.70 Å². The normalized spacial score (nSPS) is 20.9. The van der Waals surface area contributed by atoms with E-state index in [9.17, 15) is 9.59 Å². The highest BCUT2D eigenvalue weighted by atomic mass is 16.4. The van der Waals surface area contributed by atoms with E-state index in [4.69, 9.17) is 5.11 Å². The molecule has 0 fully saturated rings. The van der Waals surface area contributed by atoms with E-state index in [1.807, 2.05) is 30.3 Å². The first-order valence-electron chi connectivity index (χ1n) is 5.60. The minimum Gasteiger partial charge on any atom is -0.475 e. The number of carboxylic acid groups (broad SMARTS) is 1. The lowest BCUT2D eigenvalue weighted by Gasteiger charge is -2.28. The van der Waals surface area contributed by atoms with Crippen molar-refractivity contribution in [1.82, 2.24) is 15.8 Å². The largest absolute Gasteiger partial charge is 0.475 e. The summed E-state index contributed by atoms with van der Waals surface area (Å²) in [5.74, 6) is -1.80. The Morgan fingerprint density at radius 1 is 1.32 bits per heavy atom. The molecule has 0 aliphatic carbocycles. The second-order valence-electron chi connectivity index (χ2n) is 4.04. The molecule has 2 aliphatic rings. The summed E-state index contributed by atoms with van der Waals surface area (Å²) in [5.41, 5.74) is 3.90. The number of hydrogen-bond acceptors (Lipinski definition) is 5. The fourth-order valence-electron chi connectivity index (χ4n) is 1.92. The minimum atomic E-state index is -1.20. The molecule has 2 aliphatic heterocycles. The Morgan fingerprint density at radius 3 is 2.74 bits per heavy atom. The van der Waals surface area contributed by atoms with Crippen molar-refractivity contribution in [3.05, 3.63) is 42.0 Å². The highest BCUT2D eigenvalue weighted by Gasteiger charge is 2.35. The SMILES string of the molecule is O=C(O)C1=NC2NC(c3ccccc3)=CC(=O)N2N1. The van der Waals surface area contributed by atoms with Gasteiger partial charge >= 0.3 is 5.97 Å². The number of aliphatic carboxylic acids is 1. The number of nitrogens with one attached hydrogen (secondary N) is 2. The van der Waals surface area contributed by atoms with Crippen LogP contribution in [0.5, 0.6) is 0 Å². The van der Waals surface area contributed by atoms with Gasteiger partial charge < -0.3 is 10.4 Å². The third kappa shape index (κ3) is 1.90. The van der Waals surface area contributed by atoms with Gasteiger partial charge in [0, 0.05) is 6.08 Å². The van der Waals surface area contributed by atoms with Crippen molar-refractivity contribution in [1.29, 1.82) is 0 Å². The Bertz CT molecular complexity index is 609. The summed E-state index contributed by atoms with van der Waals surface area (Å²) in [5, 5.41) is 13.0. The molecule has 0 saturated heterocycles. The molecule has 1 aromatic carbocycles. The lowest BCUT2D eigenvalue weighted by Crippen LogP contribution is -2.53. The number of benzene rings is 1. The van der Waals surface area contributed by atoms with E-state index in [0.29, 0.717) is 5.70 Å². The van der Waals surface area contributed by atoms with Crippen molar-refractivity contribution in [2.45, 2.75) is 6.29 Å². The van der Waals surface area contributed by atoms with Crippen LogP contribution < -0.4 is 10.7 Å². The van der Waals surface area contributed by atoms with Crippen molar-refractivity contribution in [2.75, 3.05) is 0 Å². The van der Waals surface area contributed by atoms with Crippen LogP contribution in [-0.4, -0.2) is 34.1 Å². The maximum atomic E-state index is 11.9. The highest BCUT2D eigenvalue weighted by Crippen LogP contribution is 2.19. The fourth-order valence-corrected chi connectivity index (χ4v) is 1.92. The Morgan fingerprint density at radius 2 is 2.05 bits per heavy atom. The Labute approximate surface area is 108 Å². The molecule has 3 rings (SSSR count). The summed E-state index contributed by atoms with van der Waals surface area (Å²) in [6.45, 7) is 0. The first-order valence-corrected chi connectivity index (χ1v) is 5.60. The van der Waals surface area contributed by atoms with Crippen LogP contribution in [0.2, 0.25) is 0 Å². The van der Waals surface area contributed by atoms with Crippen molar-refractivity contribution < 1.29 is 14.7 Å². The van der Waals surface area contributed by atoms with Gasteiger partial charge in [0.2, 0.25) is 12.1 Å². The topological polar surface area (TPSA) is 94.0 Å². The predicted molar refractivity (Wildman–Crippen MR) is 66.4 cm³/mol. The van der Waals surface area contributed by atoms with Crippen LogP contribution >= 0.6 is 0 Å². The average molecular weight is 258 g/mol. The maximum absolute atomic E-state index is 11.9. The number of carboxylic acids is 1. The van der Waals surface area contributed by atoms with Crippen molar-refractivity contribution >= 4 is 23.4 Å². The van der Waals surface area contributed by atoms with Crippen LogP contribution in [0.15, 0.2) is 41.4 Å². The first kappa shape index (κ1) is 11.3. The number of rotatable bonds is 2. The van der Waals surface area contributed by atoms with Gasteiger partial charge in [-0.15, -0.1) is 0 Å². The van der Waals surface area contributed by atoms with Gasteiger partial charge in [-0.1, -0.05) is 30.3 Å². The number of nitrogens with zero attached hydrogens (tertiary/aromatic N) is 2. The predicted octanol–water partition coefficient (Wildman–Crippen LogP) is -0.256. The molecule has 1 unspecified atom stereocenters. The van der Waals surface area contributed by atoms with E-state index in [1.165, 1.54) is 6.08 Å². The van der Waals surface area contributed by atoms with Gasteiger partial charge in [-0.25, -0.2) is 14.8 Å². The van der Waals surface area contributed by atoms with Gasteiger partial charge in [0.1, 0.15) is 0 Å². The van der Waals surface area contributed by atoms with E-state index < -0.39 is 12.3 Å². The summed E-state index contributed by atoms with van der Waals surface area (Å²) in [6, 6.07) is 9.29. The third-order valence-electron chi connectivity index (χ3n) is 2.80. The van der Waals surface area contributed by atoms with Crippen molar-refractivity contribution in [3.8, 4) is 0 Å². The lowest BCUT2D eigenvalue weighted by atomic mass is 10.1. The van der Waals surface area contributed by atoms with Crippen LogP contribution in [0.4, 0.5) is 0 Å². The molecular formula is C12H10N4O3. The minimum absolute atomic E-state index is 0.256. The van der Waals surface area contributed by atoms with E-state index in [2.05, 4.69) is 15.7 Å². The molecule has 19 heavy (non-hydrogen) atoms. The van der Waals surface area contributed by atoms with Crippen molar-refractivity contribution in [3.63, 3.8) is 0 Å². The van der Waals surface area contributed by atoms with E-state index in [-0.39, 0.29) is 11.7 Å². The zero-order valence-electron chi connectivity index (χ0n) is 9.70. The zero-order valence-corrected chi connectivity index (χ0v) is 9.70. The number of aliphatic imine (C=N–C) groups is 1. The molecule has 0 spiro atoms. The summed E-state index contributed by atoms with van der Waals surface area (Å²) < 4.78 is 0. The van der Waals surface area contributed by atoms with Crippen LogP contribution in [0.1, 0.15) is 5.56 Å². The van der Waals surface area contributed by atoms with Gasteiger partial charge in [0.15, 0.2) is 0 Å². The number of fused-ring (bicyclic) bond motifs is 1. The van der Waals surface area contributed by atoms with E-state index in [1.54, 1.807) is 0 Å². The molecule has 1 aromatic rings. The molecule has 0 bridgehead atoms. The van der Waals surface area contributed by atoms with Gasteiger partial charge in [0.05, 0.1) is 5.70 Å². The molecule has 0 aromatic heterocycles. The third-order valence-corrected chi connectivity index (χ3v) is 2.80. The summed E-state index contributed by atoms with van der Waals surface area (Å²) in [4.78, 5) is 26.6. The Balaban J connectivity index is 1.90. The van der Waals surface area contributed by atoms with Gasteiger partial charge in [0.25, 0.3) is 5.91 Å². The maximum Gasteiger partial charge on any atom is 0.373 e. The number of carbonyl (C=O) groups is 2. The van der Waals surface area contributed by atoms with Gasteiger partial charge in [-0.3, -0.25) is 10.2 Å². The molecule has 0 radical (unpaired) electrons. The Hall–Kier alpha value is -2.83. The molecule has 0 saturated carbocycles. The number of carbonyl (C=O) groups excluding carboxylic acids is 1. The monoisotopic (exact) mass is 258 g/mol. The molecule has 7 heteroatoms. The van der Waals surface area contributed by atoms with Gasteiger partial charge in [-0.05, 0) is 5.56 Å². The Kier molecular flexibility index (Phi) is 2.45. The quantitative estimate of drug-likeness (QED) is 0.679. The zero-order chi connectivity index (χ0) is 13.4. The second-order valence-corrected chi connectivity index (χ2v) is 4.04. The standard InChI is InChI=1S/C12H10N4O3/c17-9-6-8(7-4-2-1-3-5-7)13-12-14-10(11(18)19)15-16(9)12/h1-6,12-13H,(H,14,15)(H,18,19). The average Bonchev–Trinajstić information content (AvgIpc) is 2.84. The summed E-state index contributed by atoms with van der Waals surface area (Å²) in [7, 11) is 0. The molecule has 2 heterocycles. The lowest BCUT2D eigenvalue weighted by molar-refractivity contribution is -0.131. The van der Waals surface area contributed by atoms with Crippen LogP contribution in [0, 0.1) is 0 Å².